The van der Waals surface area contributed by atoms with Crippen LogP contribution < -0.4 is 4.90 Å². The van der Waals surface area contributed by atoms with Crippen molar-refractivity contribution in [2.45, 2.75) is 17.6 Å². The van der Waals surface area contributed by atoms with E-state index in [1.165, 1.54) is 4.90 Å². The van der Waals surface area contributed by atoms with Crippen molar-refractivity contribution in [2.75, 3.05) is 19.1 Å². The first-order valence-corrected chi connectivity index (χ1v) is 11.7. The highest BCUT2D eigenvalue weighted by molar-refractivity contribution is 9.10. The second kappa shape index (κ2) is 7.35. The molecule has 1 aliphatic heterocycles. The highest BCUT2D eigenvalue weighted by Gasteiger charge is 2.71. The number of benzene rings is 3. The van der Waals surface area contributed by atoms with Crippen LogP contribution in [0.2, 0.25) is 0 Å². The third kappa shape index (κ3) is 2.49. The quantitative estimate of drug-likeness (QED) is 0.385. The van der Waals surface area contributed by atoms with Gasteiger partial charge in [0.2, 0.25) is 11.8 Å². The lowest BCUT2D eigenvalue weighted by Crippen LogP contribution is -2.60. The molecule has 33 heavy (non-hydrogen) atoms. The molecule has 0 spiro atoms. The normalized spacial score (nSPS) is 27.0. The summed E-state index contributed by atoms with van der Waals surface area (Å²) in [4.78, 5) is 29.5. The van der Waals surface area contributed by atoms with Gasteiger partial charge in [0.25, 0.3) is 0 Å². The van der Waals surface area contributed by atoms with E-state index >= 15 is 0 Å². The first-order valence-electron chi connectivity index (χ1n) is 10.9. The SMILES string of the molecule is COC(OC)C12c3ccccc3C(c3ccccc31)C1C(=O)N(c3ccc(Br)cc3)C(=O)C12. The molecule has 7 rings (SSSR count). The van der Waals surface area contributed by atoms with Crippen LogP contribution in [0.4, 0.5) is 5.69 Å². The summed E-state index contributed by atoms with van der Waals surface area (Å²) >= 11 is 3.44. The first kappa shape index (κ1) is 20.8. The lowest BCUT2D eigenvalue weighted by molar-refractivity contribution is -0.168. The Morgan fingerprint density at radius 2 is 1.36 bits per heavy atom. The molecule has 1 saturated heterocycles. The van der Waals surface area contributed by atoms with Crippen LogP contribution in [0.5, 0.6) is 0 Å². The molecule has 1 fully saturated rings. The zero-order chi connectivity index (χ0) is 22.9. The van der Waals surface area contributed by atoms with Crippen molar-refractivity contribution in [1.29, 1.82) is 0 Å². The molecule has 3 aliphatic carbocycles. The Kier molecular flexibility index (Phi) is 4.63. The standard InChI is InChI=1S/C27H22BrNO4/c1-32-26(33-2)27-19-9-5-3-7-17(19)21(18-8-4-6-10-20(18)27)22-23(27)25(31)29(24(22)30)16-13-11-15(28)12-14-16/h3-14,21-23,26H,1-2H3. The number of hydrogen-bond acceptors (Lipinski definition) is 4. The molecule has 3 aromatic carbocycles. The zero-order valence-corrected chi connectivity index (χ0v) is 19.8. The third-order valence-corrected chi connectivity index (χ3v) is 8.10. The third-order valence-electron chi connectivity index (χ3n) is 7.57. The van der Waals surface area contributed by atoms with E-state index in [4.69, 9.17) is 9.47 Å². The number of methoxy groups -OCH3 is 2. The summed E-state index contributed by atoms with van der Waals surface area (Å²) in [5.41, 5.74) is 3.78. The summed E-state index contributed by atoms with van der Waals surface area (Å²) in [7, 11) is 3.19. The van der Waals surface area contributed by atoms with Crippen molar-refractivity contribution in [1.82, 2.24) is 0 Å². The van der Waals surface area contributed by atoms with Crippen LogP contribution in [-0.2, 0) is 24.5 Å². The Bertz CT molecular complexity index is 1240. The van der Waals surface area contributed by atoms with Gasteiger partial charge in [-0.1, -0.05) is 64.5 Å². The molecule has 5 nitrogen and oxygen atoms in total. The monoisotopic (exact) mass is 503 g/mol. The van der Waals surface area contributed by atoms with Crippen LogP contribution in [0.1, 0.15) is 28.2 Å². The van der Waals surface area contributed by atoms with Crippen molar-refractivity contribution in [3.63, 3.8) is 0 Å². The van der Waals surface area contributed by atoms with E-state index in [0.717, 1.165) is 26.7 Å². The summed E-state index contributed by atoms with van der Waals surface area (Å²) in [6, 6.07) is 23.5. The molecule has 3 aromatic rings. The second-order valence-corrected chi connectivity index (χ2v) is 9.73. The number of amides is 2. The van der Waals surface area contributed by atoms with Crippen LogP contribution in [-0.4, -0.2) is 32.3 Å². The molecule has 2 amide bonds. The molecule has 4 aliphatic rings. The van der Waals surface area contributed by atoms with Crippen molar-refractivity contribution in [2.24, 2.45) is 11.8 Å². The van der Waals surface area contributed by atoms with E-state index in [2.05, 4.69) is 40.2 Å². The topological polar surface area (TPSA) is 55.8 Å². The van der Waals surface area contributed by atoms with Gasteiger partial charge in [-0.3, -0.25) is 9.59 Å². The smallest absolute Gasteiger partial charge is 0.239 e. The minimum absolute atomic E-state index is 0.170. The van der Waals surface area contributed by atoms with Crippen LogP contribution in [0.15, 0.2) is 77.3 Å². The van der Waals surface area contributed by atoms with Gasteiger partial charge in [0.15, 0.2) is 6.29 Å². The van der Waals surface area contributed by atoms with Crippen LogP contribution >= 0.6 is 15.9 Å². The van der Waals surface area contributed by atoms with Gasteiger partial charge in [0.05, 0.1) is 22.9 Å². The maximum atomic E-state index is 14.2. The van der Waals surface area contributed by atoms with Gasteiger partial charge in [-0.15, -0.1) is 0 Å². The van der Waals surface area contributed by atoms with Crippen molar-refractivity contribution >= 4 is 33.4 Å². The minimum atomic E-state index is -0.938. The van der Waals surface area contributed by atoms with Gasteiger partial charge in [0.1, 0.15) is 0 Å². The number of halogens is 1. The fourth-order valence-corrected chi connectivity index (χ4v) is 6.81. The Morgan fingerprint density at radius 1 is 0.818 bits per heavy atom. The number of anilines is 1. The molecular weight excluding hydrogens is 482 g/mol. The summed E-state index contributed by atoms with van der Waals surface area (Å²) < 4.78 is 12.7. The maximum Gasteiger partial charge on any atom is 0.239 e. The number of carbonyl (C=O) groups is 2. The maximum absolute atomic E-state index is 14.2. The fraction of sp³-hybridized carbons (Fsp3) is 0.259. The van der Waals surface area contributed by atoms with Crippen LogP contribution in [0.3, 0.4) is 0 Å². The van der Waals surface area contributed by atoms with Gasteiger partial charge in [-0.05, 0) is 46.5 Å². The van der Waals surface area contributed by atoms with Crippen molar-refractivity contribution in [3.05, 3.63) is 99.5 Å². The molecule has 0 saturated carbocycles. The van der Waals surface area contributed by atoms with E-state index in [0.29, 0.717) is 5.69 Å². The van der Waals surface area contributed by atoms with Gasteiger partial charge >= 0.3 is 0 Å². The van der Waals surface area contributed by atoms with Gasteiger partial charge < -0.3 is 9.47 Å². The van der Waals surface area contributed by atoms with E-state index in [9.17, 15) is 9.59 Å². The molecule has 2 bridgehead atoms. The summed E-state index contributed by atoms with van der Waals surface area (Å²) in [6.45, 7) is 0. The van der Waals surface area contributed by atoms with Gasteiger partial charge in [0, 0.05) is 24.6 Å². The number of hydrogen-bond donors (Lipinski definition) is 0. The molecule has 1 heterocycles. The number of nitrogens with zero attached hydrogens (tertiary/aromatic N) is 1. The molecular formula is C27H22BrNO4. The Morgan fingerprint density at radius 3 is 1.91 bits per heavy atom. The predicted molar refractivity (Wildman–Crippen MR) is 127 cm³/mol. The number of imide groups is 1. The number of carbonyl (C=O) groups excluding carboxylic acids is 2. The highest BCUT2D eigenvalue weighted by atomic mass is 79.9. The first-order chi connectivity index (χ1) is 16.1. The lowest BCUT2D eigenvalue weighted by Gasteiger charge is -2.56. The molecule has 0 N–H and O–H groups in total. The largest absolute Gasteiger partial charge is 0.355 e. The van der Waals surface area contributed by atoms with Crippen LogP contribution in [0.25, 0.3) is 0 Å². The summed E-state index contributed by atoms with van der Waals surface area (Å²) in [5.74, 6) is -1.74. The average Bonchev–Trinajstić information content (AvgIpc) is 3.12. The molecule has 0 aromatic heterocycles. The molecule has 2 atom stereocenters. The van der Waals surface area contributed by atoms with Gasteiger partial charge in [-0.25, -0.2) is 4.90 Å². The zero-order valence-electron chi connectivity index (χ0n) is 18.2. The van der Waals surface area contributed by atoms with E-state index < -0.39 is 23.5 Å². The van der Waals surface area contributed by atoms with Crippen LogP contribution in [0, 0.1) is 11.8 Å². The minimum Gasteiger partial charge on any atom is -0.355 e. The molecule has 2 unspecified atom stereocenters. The average molecular weight is 504 g/mol. The number of rotatable bonds is 4. The van der Waals surface area contributed by atoms with E-state index in [-0.39, 0.29) is 17.7 Å². The Hall–Kier alpha value is -2.80. The summed E-state index contributed by atoms with van der Waals surface area (Å²) in [5, 5.41) is 0. The summed E-state index contributed by atoms with van der Waals surface area (Å²) in [6.07, 6.45) is -0.741. The fourth-order valence-electron chi connectivity index (χ4n) is 6.54. The predicted octanol–water partition coefficient (Wildman–Crippen LogP) is 4.62. The van der Waals surface area contributed by atoms with E-state index in [1.807, 2.05) is 36.4 Å². The number of ether oxygens (including phenoxy) is 2. The van der Waals surface area contributed by atoms with Crippen molar-refractivity contribution in [3.8, 4) is 0 Å². The Balaban J connectivity index is 1.67. The van der Waals surface area contributed by atoms with Crippen molar-refractivity contribution < 1.29 is 19.1 Å². The second-order valence-electron chi connectivity index (χ2n) is 8.82. The lowest BCUT2D eigenvalue weighted by atomic mass is 9.47. The Labute approximate surface area is 200 Å². The molecule has 6 heteroatoms. The van der Waals surface area contributed by atoms with Gasteiger partial charge in [-0.2, -0.15) is 0 Å². The highest BCUT2D eigenvalue weighted by Crippen LogP contribution is 2.65. The molecule has 166 valence electrons. The van der Waals surface area contributed by atoms with E-state index in [1.54, 1.807) is 26.4 Å². The molecule has 0 radical (unpaired) electrons.